The molecule has 0 fully saturated rings. The molecule has 0 radical (unpaired) electrons. The second-order valence-corrected chi connectivity index (χ2v) is 5.01. The molecule has 2 rings (SSSR count). The average Bonchev–Trinajstić information content (AvgIpc) is 2.41. The van der Waals surface area contributed by atoms with E-state index in [9.17, 15) is 0 Å². The molecule has 3 nitrogen and oxygen atoms in total. The molecule has 2 heterocycles. The molecule has 3 heteroatoms. The fraction of sp³-hybridized carbons (Fsp3) is 0.750. The minimum Gasteiger partial charge on any atom is -0.299 e. The van der Waals surface area contributed by atoms with Gasteiger partial charge in [0.25, 0.3) is 0 Å². The molecule has 0 saturated carbocycles. The molecule has 0 unspecified atom stereocenters. The highest BCUT2D eigenvalue weighted by atomic mass is 15.2. The third-order valence-electron chi connectivity index (χ3n) is 3.05. The predicted octanol–water partition coefficient (Wildman–Crippen LogP) is 2.12. The highest BCUT2D eigenvalue weighted by Gasteiger charge is 2.18. The van der Waals surface area contributed by atoms with Gasteiger partial charge in [-0.05, 0) is 32.2 Å². The van der Waals surface area contributed by atoms with Crippen molar-refractivity contribution in [3.8, 4) is 0 Å². The van der Waals surface area contributed by atoms with Gasteiger partial charge < -0.3 is 0 Å². The SMILES string of the molecule is Cc1[nH]nc2c1CN(CC(C)C)CCC2. The summed E-state index contributed by atoms with van der Waals surface area (Å²) >= 11 is 0. The van der Waals surface area contributed by atoms with Crippen LogP contribution in [0.15, 0.2) is 0 Å². The molecular weight excluding hydrogens is 186 g/mol. The maximum absolute atomic E-state index is 4.38. The van der Waals surface area contributed by atoms with Crippen molar-refractivity contribution in [2.75, 3.05) is 13.1 Å². The summed E-state index contributed by atoms with van der Waals surface area (Å²) in [6, 6.07) is 0. The maximum atomic E-state index is 4.38. The molecule has 1 aromatic heterocycles. The van der Waals surface area contributed by atoms with E-state index in [2.05, 4.69) is 35.9 Å². The Morgan fingerprint density at radius 3 is 3.00 bits per heavy atom. The molecule has 0 spiro atoms. The molecule has 0 aromatic carbocycles. The van der Waals surface area contributed by atoms with Gasteiger partial charge in [0.15, 0.2) is 0 Å². The Bertz CT molecular complexity index is 328. The number of rotatable bonds is 2. The molecule has 0 bridgehead atoms. The minimum absolute atomic E-state index is 0.749. The van der Waals surface area contributed by atoms with E-state index in [1.54, 1.807) is 0 Å². The van der Waals surface area contributed by atoms with Gasteiger partial charge in [-0.15, -0.1) is 0 Å². The largest absolute Gasteiger partial charge is 0.299 e. The fourth-order valence-electron chi connectivity index (χ4n) is 2.36. The van der Waals surface area contributed by atoms with Crippen molar-refractivity contribution < 1.29 is 0 Å². The number of hydrogen-bond acceptors (Lipinski definition) is 2. The normalized spacial score (nSPS) is 17.9. The first kappa shape index (κ1) is 10.7. The Kier molecular flexibility index (Phi) is 3.10. The third kappa shape index (κ3) is 2.40. The summed E-state index contributed by atoms with van der Waals surface area (Å²) in [6.45, 7) is 10.2. The first-order valence-corrected chi connectivity index (χ1v) is 5.92. The fourth-order valence-corrected chi connectivity index (χ4v) is 2.36. The van der Waals surface area contributed by atoms with Gasteiger partial charge in [0, 0.05) is 24.3 Å². The van der Waals surface area contributed by atoms with Crippen molar-refractivity contribution >= 4 is 0 Å². The quantitative estimate of drug-likeness (QED) is 0.805. The van der Waals surface area contributed by atoms with Crippen LogP contribution in [0.2, 0.25) is 0 Å². The lowest BCUT2D eigenvalue weighted by Gasteiger charge is -2.22. The molecule has 0 amide bonds. The van der Waals surface area contributed by atoms with Crippen LogP contribution in [0.3, 0.4) is 0 Å². The number of hydrogen-bond donors (Lipinski definition) is 1. The predicted molar refractivity (Wildman–Crippen MR) is 61.8 cm³/mol. The summed E-state index contributed by atoms with van der Waals surface area (Å²) in [6.07, 6.45) is 2.37. The van der Waals surface area contributed by atoms with Crippen molar-refractivity contribution in [1.82, 2.24) is 15.1 Å². The van der Waals surface area contributed by atoms with Gasteiger partial charge in [0.05, 0.1) is 5.69 Å². The van der Waals surface area contributed by atoms with Crippen LogP contribution in [0.4, 0.5) is 0 Å². The Balaban J connectivity index is 2.12. The third-order valence-corrected chi connectivity index (χ3v) is 3.05. The summed E-state index contributed by atoms with van der Waals surface area (Å²) in [5.74, 6) is 0.749. The number of aromatic amines is 1. The molecule has 0 atom stereocenters. The summed E-state index contributed by atoms with van der Waals surface area (Å²) in [5.41, 5.74) is 3.98. The Morgan fingerprint density at radius 1 is 1.47 bits per heavy atom. The van der Waals surface area contributed by atoms with Crippen molar-refractivity contribution in [2.45, 2.75) is 40.2 Å². The highest BCUT2D eigenvalue weighted by molar-refractivity contribution is 5.25. The van der Waals surface area contributed by atoms with E-state index < -0.39 is 0 Å². The van der Waals surface area contributed by atoms with Crippen molar-refractivity contribution in [1.29, 1.82) is 0 Å². The van der Waals surface area contributed by atoms with Gasteiger partial charge >= 0.3 is 0 Å². The molecule has 1 aliphatic heterocycles. The van der Waals surface area contributed by atoms with Crippen LogP contribution in [0.25, 0.3) is 0 Å². The number of H-pyrrole nitrogens is 1. The van der Waals surface area contributed by atoms with Crippen molar-refractivity contribution in [2.24, 2.45) is 5.92 Å². The van der Waals surface area contributed by atoms with Gasteiger partial charge in [-0.1, -0.05) is 13.8 Å². The molecule has 15 heavy (non-hydrogen) atoms. The van der Waals surface area contributed by atoms with Gasteiger partial charge in [0.2, 0.25) is 0 Å². The zero-order chi connectivity index (χ0) is 10.8. The smallest absolute Gasteiger partial charge is 0.0670 e. The van der Waals surface area contributed by atoms with Crippen LogP contribution in [0, 0.1) is 12.8 Å². The van der Waals surface area contributed by atoms with Crippen LogP contribution < -0.4 is 0 Å². The number of aryl methyl sites for hydroxylation is 2. The van der Waals surface area contributed by atoms with Gasteiger partial charge in [-0.3, -0.25) is 10.00 Å². The molecule has 0 saturated heterocycles. The van der Waals surface area contributed by atoms with Crippen LogP contribution >= 0.6 is 0 Å². The van der Waals surface area contributed by atoms with Gasteiger partial charge in [-0.2, -0.15) is 5.10 Å². The molecule has 1 aromatic rings. The Morgan fingerprint density at radius 2 is 2.27 bits per heavy atom. The van der Waals surface area contributed by atoms with Gasteiger partial charge in [0.1, 0.15) is 0 Å². The first-order chi connectivity index (χ1) is 7.16. The van der Waals surface area contributed by atoms with Crippen LogP contribution in [-0.2, 0) is 13.0 Å². The summed E-state index contributed by atoms with van der Waals surface area (Å²) in [5, 5.41) is 7.48. The molecular formula is C12H21N3. The number of nitrogens with one attached hydrogen (secondary N) is 1. The zero-order valence-corrected chi connectivity index (χ0v) is 10.0. The van der Waals surface area contributed by atoms with E-state index in [4.69, 9.17) is 0 Å². The molecule has 1 N–H and O–H groups in total. The monoisotopic (exact) mass is 207 g/mol. The lowest BCUT2D eigenvalue weighted by atomic mass is 10.1. The summed E-state index contributed by atoms with van der Waals surface area (Å²) in [7, 11) is 0. The lowest BCUT2D eigenvalue weighted by molar-refractivity contribution is 0.239. The number of aromatic nitrogens is 2. The number of fused-ring (bicyclic) bond motifs is 1. The minimum atomic E-state index is 0.749. The first-order valence-electron chi connectivity index (χ1n) is 5.92. The van der Waals surface area contributed by atoms with Crippen LogP contribution in [-0.4, -0.2) is 28.2 Å². The topological polar surface area (TPSA) is 31.9 Å². The van der Waals surface area contributed by atoms with E-state index in [1.807, 2.05) is 0 Å². The van der Waals surface area contributed by atoms with Gasteiger partial charge in [-0.25, -0.2) is 0 Å². The maximum Gasteiger partial charge on any atom is 0.0670 e. The Labute approximate surface area is 91.9 Å². The highest BCUT2D eigenvalue weighted by Crippen LogP contribution is 2.19. The van der Waals surface area contributed by atoms with E-state index in [0.29, 0.717) is 0 Å². The Hall–Kier alpha value is -0.830. The average molecular weight is 207 g/mol. The molecule has 0 aliphatic carbocycles. The second-order valence-electron chi connectivity index (χ2n) is 5.01. The van der Waals surface area contributed by atoms with Crippen molar-refractivity contribution in [3.05, 3.63) is 17.0 Å². The zero-order valence-electron chi connectivity index (χ0n) is 10.0. The van der Waals surface area contributed by atoms with E-state index in [-0.39, 0.29) is 0 Å². The number of nitrogens with zero attached hydrogens (tertiary/aromatic N) is 2. The van der Waals surface area contributed by atoms with E-state index in [1.165, 1.54) is 36.5 Å². The summed E-state index contributed by atoms with van der Waals surface area (Å²) in [4.78, 5) is 2.55. The molecule has 1 aliphatic rings. The van der Waals surface area contributed by atoms with Crippen molar-refractivity contribution in [3.63, 3.8) is 0 Å². The summed E-state index contributed by atoms with van der Waals surface area (Å²) < 4.78 is 0. The second kappa shape index (κ2) is 4.35. The molecule has 84 valence electrons. The van der Waals surface area contributed by atoms with E-state index in [0.717, 1.165) is 18.9 Å². The van der Waals surface area contributed by atoms with Crippen LogP contribution in [0.1, 0.15) is 37.2 Å². The van der Waals surface area contributed by atoms with E-state index >= 15 is 0 Å². The lowest BCUT2D eigenvalue weighted by Crippen LogP contribution is -2.27. The van der Waals surface area contributed by atoms with Crippen LogP contribution in [0.5, 0.6) is 0 Å². The standard InChI is InChI=1S/C12H21N3/c1-9(2)7-15-6-4-5-12-11(8-15)10(3)13-14-12/h9H,4-8H2,1-3H3,(H,13,14).